The third-order valence-corrected chi connectivity index (χ3v) is 6.46. The summed E-state index contributed by atoms with van der Waals surface area (Å²) in [7, 11) is -3.32. The van der Waals surface area contributed by atoms with Gasteiger partial charge in [0.25, 0.3) is 0 Å². The number of hydrogen-bond acceptors (Lipinski definition) is 5. The molecule has 0 radical (unpaired) electrons. The van der Waals surface area contributed by atoms with Gasteiger partial charge in [0.05, 0.1) is 20.5 Å². The first-order valence-electron chi connectivity index (χ1n) is 8.48. The van der Waals surface area contributed by atoms with Crippen molar-refractivity contribution in [3.63, 3.8) is 0 Å². The van der Waals surface area contributed by atoms with Crippen LogP contribution in [0.5, 0.6) is 0 Å². The van der Waals surface area contributed by atoms with Gasteiger partial charge in [-0.15, -0.1) is 0 Å². The summed E-state index contributed by atoms with van der Waals surface area (Å²) in [5.74, 6) is 0.735. The molecular formula is C19H17Cl2N3O2S. The largest absolute Gasteiger partial charge is 0.349 e. The smallest absolute Gasteiger partial charge is 0.175 e. The number of halogens is 2. The molecule has 0 amide bonds. The van der Waals surface area contributed by atoms with E-state index in [0.717, 1.165) is 29.6 Å². The molecule has 0 spiro atoms. The molecule has 3 aromatic rings. The Hall–Kier alpha value is -1.89. The molecule has 1 saturated carbocycles. The summed E-state index contributed by atoms with van der Waals surface area (Å²) in [4.78, 5) is 11.2. The van der Waals surface area contributed by atoms with Crippen LogP contribution in [0.25, 0.3) is 10.9 Å². The first-order valence-corrected chi connectivity index (χ1v) is 11.1. The molecule has 5 nitrogen and oxygen atoms in total. The second-order valence-corrected chi connectivity index (χ2v) is 9.59. The molecule has 1 fully saturated rings. The summed E-state index contributed by atoms with van der Waals surface area (Å²) < 4.78 is 24.0. The van der Waals surface area contributed by atoms with Crippen molar-refractivity contribution in [2.24, 2.45) is 0 Å². The van der Waals surface area contributed by atoms with E-state index in [9.17, 15) is 8.42 Å². The molecule has 8 heteroatoms. The van der Waals surface area contributed by atoms with E-state index in [-0.39, 0.29) is 4.90 Å². The highest BCUT2D eigenvalue weighted by molar-refractivity contribution is 7.90. The quantitative estimate of drug-likeness (QED) is 0.606. The Morgan fingerprint density at radius 3 is 2.52 bits per heavy atom. The van der Waals surface area contributed by atoms with Crippen molar-refractivity contribution in [1.82, 2.24) is 9.97 Å². The van der Waals surface area contributed by atoms with Gasteiger partial charge in [-0.05, 0) is 48.7 Å². The fraction of sp³-hybridized carbons (Fsp3) is 0.263. The number of nitrogens with zero attached hydrogens (tertiary/aromatic N) is 3. The average molecular weight is 422 g/mol. The van der Waals surface area contributed by atoms with Crippen LogP contribution in [0.4, 0.5) is 5.82 Å². The van der Waals surface area contributed by atoms with Crippen LogP contribution < -0.4 is 4.90 Å². The van der Waals surface area contributed by atoms with Gasteiger partial charge in [-0.1, -0.05) is 29.3 Å². The van der Waals surface area contributed by atoms with Crippen LogP contribution in [0.1, 0.15) is 18.4 Å². The Labute approximate surface area is 167 Å². The minimum Gasteiger partial charge on any atom is -0.349 e. The molecule has 0 N–H and O–H groups in total. The van der Waals surface area contributed by atoms with Crippen LogP contribution in [0.3, 0.4) is 0 Å². The third kappa shape index (κ3) is 3.88. The van der Waals surface area contributed by atoms with Crippen molar-refractivity contribution < 1.29 is 8.42 Å². The highest BCUT2D eigenvalue weighted by Crippen LogP contribution is 2.36. The molecule has 0 saturated heterocycles. The fourth-order valence-corrected chi connectivity index (χ4v) is 4.05. The molecule has 1 heterocycles. The third-order valence-electron chi connectivity index (χ3n) is 4.61. The van der Waals surface area contributed by atoms with Crippen molar-refractivity contribution in [2.45, 2.75) is 30.3 Å². The van der Waals surface area contributed by atoms with Crippen LogP contribution in [-0.2, 0) is 16.4 Å². The molecule has 4 rings (SSSR count). The van der Waals surface area contributed by atoms with Gasteiger partial charge in [0.15, 0.2) is 9.84 Å². The number of aromatic nitrogens is 2. The van der Waals surface area contributed by atoms with Gasteiger partial charge in [0.2, 0.25) is 0 Å². The van der Waals surface area contributed by atoms with E-state index >= 15 is 0 Å². The molecule has 2 aromatic carbocycles. The fourth-order valence-electron chi connectivity index (χ4n) is 3.08. The van der Waals surface area contributed by atoms with E-state index < -0.39 is 9.84 Å². The Morgan fingerprint density at radius 2 is 1.85 bits per heavy atom. The highest BCUT2D eigenvalue weighted by atomic mass is 35.5. The molecule has 1 aromatic heterocycles. The van der Waals surface area contributed by atoms with E-state index in [0.29, 0.717) is 28.1 Å². The first kappa shape index (κ1) is 18.5. The van der Waals surface area contributed by atoms with Crippen molar-refractivity contribution in [2.75, 3.05) is 11.2 Å². The van der Waals surface area contributed by atoms with Gasteiger partial charge in [-0.3, -0.25) is 0 Å². The van der Waals surface area contributed by atoms with E-state index in [1.807, 2.05) is 12.1 Å². The van der Waals surface area contributed by atoms with Crippen LogP contribution in [0.2, 0.25) is 10.0 Å². The number of benzene rings is 2. The first-order chi connectivity index (χ1) is 12.8. The lowest BCUT2D eigenvalue weighted by atomic mass is 10.1. The predicted molar refractivity (Wildman–Crippen MR) is 108 cm³/mol. The lowest BCUT2D eigenvalue weighted by Gasteiger charge is -2.25. The predicted octanol–water partition coefficient (Wildman–Crippen LogP) is 4.51. The normalized spacial score (nSPS) is 14.5. The number of fused-ring (bicyclic) bond motifs is 1. The van der Waals surface area contributed by atoms with Crippen molar-refractivity contribution in [3.8, 4) is 0 Å². The molecule has 1 aliphatic carbocycles. The Bertz CT molecular complexity index is 1130. The van der Waals surface area contributed by atoms with Crippen LogP contribution in [0.15, 0.2) is 47.6 Å². The number of sulfone groups is 1. The van der Waals surface area contributed by atoms with E-state index in [4.69, 9.17) is 23.2 Å². The number of hydrogen-bond donors (Lipinski definition) is 0. The lowest BCUT2D eigenvalue weighted by Crippen LogP contribution is -2.26. The number of rotatable bonds is 5. The SMILES string of the molecule is CS(=O)(=O)c1ccc2ncnc(N(Cc3ccc(Cl)c(Cl)c3)C3CC3)c2c1. The average Bonchev–Trinajstić information content (AvgIpc) is 3.46. The summed E-state index contributed by atoms with van der Waals surface area (Å²) in [6.45, 7) is 0.608. The Balaban J connectivity index is 1.80. The Kier molecular flexibility index (Phi) is 4.74. The lowest BCUT2D eigenvalue weighted by molar-refractivity contribution is 0.602. The van der Waals surface area contributed by atoms with E-state index in [2.05, 4.69) is 14.9 Å². The molecule has 0 unspecified atom stereocenters. The van der Waals surface area contributed by atoms with E-state index in [1.54, 1.807) is 24.3 Å². The minimum absolute atomic E-state index is 0.260. The zero-order valence-corrected chi connectivity index (χ0v) is 16.9. The topological polar surface area (TPSA) is 63.2 Å². The summed E-state index contributed by atoms with van der Waals surface area (Å²) in [6, 6.07) is 10.9. The van der Waals surface area contributed by atoms with Gasteiger partial charge in [0.1, 0.15) is 12.1 Å². The highest BCUT2D eigenvalue weighted by Gasteiger charge is 2.31. The van der Waals surface area contributed by atoms with Crippen molar-refractivity contribution >= 4 is 49.8 Å². The van der Waals surface area contributed by atoms with Crippen molar-refractivity contribution in [1.29, 1.82) is 0 Å². The van der Waals surface area contributed by atoms with Gasteiger partial charge in [-0.2, -0.15) is 0 Å². The van der Waals surface area contributed by atoms with E-state index in [1.165, 1.54) is 12.6 Å². The summed E-state index contributed by atoms with van der Waals surface area (Å²) in [5.41, 5.74) is 1.73. The van der Waals surface area contributed by atoms with Gasteiger partial charge in [-0.25, -0.2) is 18.4 Å². The molecule has 27 heavy (non-hydrogen) atoms. The standard InChI is InChI=1S/C19H17Cl2N3O2S/c1-27(25,26)14-5-7-18-15(9-14)19(23-11-22-18)24(13-3-4-13)10-12-2-6-16(20)17(21)8-12/h2,5-9,11,13H,3-4,10H2,1H3. The second kappa shape index (κ2) is 6.93. The zero-order chi connectivity index (χ0) is 19.2. The zero-order valence-electron chi connectivity index (χ0n) is 14.6. The molecule has 1 aliphatic rings. The molecule has 0 aliphatic heterocycles. The maximum Gasteiger partial charge on any atom is 0.175 e. The maximum absolute atomic E-state index is 12.0. The van der Waals surface area contributed by atoms with Gasteiger partial charge >= 0.3 is 0 Å². The maximum atomic E-state index is 12.0. The summed E-state index contributed by atoms with van der Waals surface area (Å²) >= 11 is 12.2. The minimum atomic E-state index is -3.32. The molecular weight excluding hydrogens is 405 g/mol. The molecule has 140 valence electrons. The van der Waals surface area contributed by atoms with Crippen LogP contribution >= 0.6 is 23.2 Å². The monoisotopic (exact) mass is 421 g/mol. The summed E-state index contributed by atoms with van der Waals surface area (Å²) in [5, 5.41) is 1.76. The summed E-state index contributed by atoms with van der Waals surface area (Å²) in [6.07, 6.45) is 4.85. The molecule has 0 atom stereocenters. The number of anilines is 1. The van der Waals surface area contributed by atoms with Gasteiger partial charge in [0, 0.05) is 24.2 Å². The van der Waals surface area contributed by atoms with Crippen LogP contribution in [-0.4, -0.2) is 30.7 Å². The van der Waals surface area contributed by atoms with Crippen molar-refractivity contribution in [3.05, 3.63) is 58.3 Å². The van der Waals surface area contributed by atoms with Crippen LogP contribution in [0, 0.1) is 0 Å². The molecule has 0 bridgehead atoms. The van der Waals surface area contributed by atoms with Gasteiger partial charge < -0.3 is 4.90 Å². The Morgan fingerprint density at radius 1 is 1.07 bits per heavy atom. The second-order valence-electron chi connectivity index (χ2n) is 6.76.